The Hall–Kier alpha value is -1.95. The molecule has 0 radical (unpaired) electrons. The van der Waals surface area contributed by atoms with Crippen LogP contribution < -0.4 is 5.32 Å². The highest BCUT2D eigenvalue weighted by atomic mass is 19.1. The monoisotopic (exact) mass is 280 g/mol. The van der Waals surface area contributed by atoms with Crippen molar-refractivity contribution in [1.82, 2.24) is 4.90 Å². The first-order valence-corrected chi connectivity index (χ1v) is 6.52. The lowest BCUT2D eigenvalue weighted by Crippen LogP contribution is -2.37. The number of hydrogen-bond donors (Lipinski definition) is 2. The molecule has 0 aromatic heterocycles. The molecule has 108 valence electrons. The first-order chi connectivity index (χ1) is 9.52. The van der Waals surface area contributed by atoms with E-state index in [1.165, 1.54) is 19.1 Å². The van der Waals surface area contributed by atoms with Crippen molar-refractivity contribution in [3.05, 3.63) is 29.6 Å². The first-order valence-electron chi connectivity index (χ1n) is 6.52. The van der Waals surface area contributed by atoms with Crippen LogP contribution in [-0.2, 0) is 4.79 Å². The Morgan fingerprint density at radius 1 is 1.50 bits per heavy atom. The van der Waals surface area contributed by atoms with Crippen LogP contribution in [0.5, 0.6) is 0 Å². The number of amides is 2. The van der Waals surface area contributed by atoms with E-state index in [1.54, 1.807) is 4.90 Å². The van der Waals surface area contributed by atoms with E-state index >= 15 is 0 Å². The molecule has 2 amide bonds. The number of aliphatic hydroxyl groups excluding tert-OH is 1. The molecule has 20 heavy (non-hydrogen) atoms. The maximum atomic E-state index is 13.8. The predicted octanol–water partition coefficient (Wildman–Crippen LogP) is 1.38. The number of carbonyl (C=O) groups excluding carboxylic acids is 2. The third-order valence-electron chi connectivity index (χ3n) is 3.38. The van der Waals surface area contributed by atoms with Gasteiger partial charge in [0.2, 0.25) is 5.91 Å². The van der Waals surface area contributed by atoms with Crippen molar-refractivity contribution in [1.29, 1.82) is 0 Å². The maximum absolute atomic E-state index is 13.8. The van der Waals surface area contributed by atoms with Crippen molar-refractivity contribution in [2.45, 2.75) is 25.8 Å². The molecule has 5 nitrogen and oxygen atoms in total. The molecule has 1 unspecified atom stereocenters. The van der Waals surface area contributed by atoms with E-state index in [-0.39, 0.29) is 35.7 Å². The summed E-state index contributed by atoms with van der Waals surface area (Å²) < 4.78 is 13.8. The summed E-state index contributed by atoms with van der Waals surface area (Å²) in [5.74, 6) is -1.32. The standard InChI is InChI=1S/C14H17FN2O3/c1-9(19)16-13-5-4-10(7-12(13)15)14(20)17-6-2-3-11(17)8-18/h4-5,7,11,18H,2-3,6,8H2,1H3,(H,16,19). The minimum Gasteiger partial charge on any atom is -0.394 e. The molecule has 1 aromatic rings. The fourth-order valence-electron chi connectivity index (χ4n) is 2.40. The lowest BCUT2D eigenvalue weighted by Gasteiger charge is -2.23. The fourth-order valence-corrected chi connectivity index (χ4v) is 2.40. The molecule has 1 saturated heterocycles. The van der Waals surface area contributed by atoms with Crippen LogP contribution in [0.2, 0.25) is 0 Å². The minimum absolute atomic E-state index is 0.0502. The van der Waals surface area contributed by atoms with Crippen LogP contribution in [0, 0.1) is 5.82 Å². The van der Waals surface area contributed by atoms with Gasteiger partial charge in [-0.2, -0.15) is 0 Å². The Balaban J connectivity index is 2.18. The van der Waals surface area contributed by atoms with E-state index in [2.05, 4.69) is 5.32 Å². The molecular weight excluding hydrogens is 263 g/mol. The Labute approximate surface area is 116 Å². The third-order valence-corrected chi connectivity index (χ3v) is 3.38. The molecule has 0 saturated carbocycles. The molecule has 1 aliphatic rings. The zero-order valence-corrected chi connectivity index (χ0v) is 11.2. The quantitative estimate of drug-likeness (QED) is 0.879. The molecule has 1 heterocycles. The summed E-state index contributed by atoms with van der Waals surface area (Å²) in [6.07, 6.45) is 1.60. The van der Waals surface area contributed by atoms with Crippen molar-refractivity contribution < 1.29 is 19.1 Å². The SMILES string of the molecule is CC(=O)Nc1ccc(C(=O)N2CCCC2CO)cc1F. The Morgan fingerprint density at radius 2 is 2.25 bits per heavy atom. The highest BCUT2D eigenvalue weighted by Crippen LogP contribution is 2.22. The number of carbonyl (C=O) groups is 2. The van der Waals surface area contributed by atoms with Crippen LogP contribution in [0.25, 0.3) is 0 Å². The number of aliphatic hydroxyl groups is 1. The average Bonchev–Trinajstić information content (AvgIpc) is 2.88. The van der Waals surface area contributed by atoms with Gasteiger partial charge in [0.1, 0.15) is 5.82 Å². The van der Waals surface area contributed by atoms with Crippen LogP contribution in [0.15, 0.2) is 18.2 Å². The second kappa shape index (κ2) is 6.00. The first kappa shape index (κ1) is 14.5. The van der Waals surface area contributed by atoms with Crippen LogP contribution >= 0.6 is 0 Å². The summed E-state index contributed by atoms with van der Waals surface area (Å²) >= 11 is 0. The second-order valence-electron chi connectivity index (χ2n) is 4.85. The number of nitrogens with one attached hydrogen (secondary N) is 1. The topological polar surface area (TPSA) is 69.6 Å². The molecule has 1 aliphatic heterocycles. The van der Waals surface area contributed by atoms with Crippen molar-refractivity contribution in [3.63, 3.8) is 0 Å². The van der Waals surface area contributed by atoms with E-state index < -0.39 is 5.82 Å². The molecular formula is C14H17FN2O3. The number of hydrogen-bond acceptors (Lipinski definition) is 3. The van der Waals surface area contributed by atoms with Gasteiger partial charge in [0.05, 0.1) is 18.3 Å². The minimum atomic E-state index is -0.647. The molecule has 2 rings (SSSR count). The fraction of sp³-hybridized carbons (Fsp3) is 0.429. The van der Waals surface area contributed by atoms with Gasteiger partial charge < -0.3 is 15.3 Å². The van der Waals surface area contributed by atoms with Gasteiger partial charge >= 0.3 is 0 Å². The molecule has 6 heteroatoms. The van der Waals surface area contributed by atoms with Gasteiger partial charge in [-0.3, -0.25) is 9.59 Å². The highest BCUT2D eigenvalue weighted by Gasteiger charge is 2.29. The van der Waals surface area contributed by atoms with Gasteiger partial charge in [0.25, 0.3) is 5.91 Å². The normalized spacial score (nSPS) is 18.1. The van der Waals surface area contributed by atoms with Crippen molar-refractivity contribution in [3.8, 4) is 0 Å². The highest BCUT2D eigenvalue weighted by molar-refractivity contribution is 5.96. The Morgan fingerprint density at radius 3 is 2.85 bits per heavy atom. The van der Waals surface area contributed by atoms with Gasteiger partial charge in [0.15, 0.2) is 0 Å². The van der Waals surface area contributed by atoms with Gasteiger partial charge in [0, 0.05) is 19.0 Å². The predicted molar refractivity (Wildman–Crippen MR) is 71.8 cm³/mol. The van der Waals surface area contributed by atoms with Crippen molar-refractivity contribution in [2.24, 2.45) is 0 Å². The lowest BCUT2D eigenvalue weighted by molar-refractivity contribution is -0.114. The number of anilines is 1. The number of rotatable bonds is 3. The summed E-state index contributed by atoms with van der Waals surface area (Å²) in [4.78, 5) is 24.7. The number of benzene rings is 1. The molecule has 1 aromatic carbocycles. The molecule has 1 atom stereocenters. The smallest absolute Gasteiger partial charge is 0.254 e. The van der Waals surface area contributed by atoms with E-state index in [0.29, 0.717) is 6.54 Å². The second-order valence-corrected chi connectivity index (χ2v) is 4.85. The number of nitrogens with zero attached hydrogens (tertiary/aromatic N) is 1. The van der Waals surface area contributed by atoms with Crippen molar-refractivity contribution in [2.75, 3.05) is 18.5 Å². The zero-order valence-electron chi connectivity index (χ0n) is 11.2. The van der Waals surface area contributed by atoms with Crippen LogP contribution in [0.1, 0.15) is 30.1 Å². The summed E-state index contributed by atoms with van der Waals surface area (Å²) in [7, 11) is 0. The molecule has 1 fully saturated rings. The number of halogens is 1. The summed E-state index contributed by atoms with van der Waals surface area (Å²) in [6.45, 7) is 1.77. The van der Waals surface area contributed by atoms with E-state index in [4.69, 9.17) is 0 Å². The lowest BCUT2D eigenvalue weighted by atomic mass is 10.1. The molecule has 0 spiro atoms. The summed E-state index contributed by atoms with van der Waals surface area (Å²) in [6, 6.07) is 3.76. The van der Waals surface area contributed by atoms with Crippen LogP contribution in [0.4, 0.5) is 10.1 Å². The van der Waals surface area contributed by atoms with Crippen LogP contribution in [-0.4, -0.2) is 41.0 Å². The van der Waals surface area contributed by atoms with Crippen molar-refractivity contribution >= 4 is 17.5 Å². The molecule has 0 aliphatic carbocycles. The Bertz CT molecular complexity index is 533. The van der Waals surface area contributed by atoms with Gasteiger partial charge in [-0.1, -0.05) is 0 Å². The largest absolute Gasteiger partial charge is 0.394 e. The van der Waals surface area contributed by atoms with Gasteiger partial charge in [-0.05, 0) is 31.0 Å². The summed E-state index contributed by atoms with van der Waals surface area (Å²) in [5, 5.41) is 11.6. The number of likely N-dealkylation sites (tertiary alicyclic amines) is 1. The van der Waals surface area contributed by atoms with Crippen LogP contribution in [0.3, 0.4) is 0 Å². The van der Waals surface area contributed by atoms with E-state index in [0.717, 1.165) is 18.9 Å². The maximum Gasteiger partial charge on any atom is 0.254 e. The Kier molecular flexibility index (Phi) is 4.34. The van der Waals surface area contributed by atoms with Gasteiger partial charge in [-0.25, -0.2) is 4.39 Å². The van der Waals surface area contributed by atoms with E-state index in [1.807, 2.05) is 0 Å². The third kappa shape index (κ3) is 2.96. The van der Waals surface area contributed by atoms with E-state index in [9.17, 15) is 19.1 Å². The van der Waals surface area contributed by atoms with Gasteiger partial charge in [-0.15, -0.1) is 0 Å². The summed E-state index contributed by atoms with van der Waals surface area (Å²) in [5.41, 5.74) is 0.270. The average molecular weight is 280 g/mol. The molecule has 2 N–H and O–H groups in total. The molecule has 0 bridgehead atoms. The zero-order chi connectivity index (χ0) is 14.7.